The van der Waals surface area contributed by atoms with E-state index >= 15 is 0 Å². The first-order valence-corrected chi connectivity index (χ1v) is 15.7. The van der Waals surface area contributed by atoms with Crippen LogP contribution in [0.3, 0.4) is 0 Å². The van der Waals surface area contributed by atoms with Gasteiger partial charge in [0.25, 0.3) is 0 Å². The molecule has 1 saturated heterocycles. The van der Waals surface area contributed by atoms with Gasteiger partial charge in [-0.25, -0.2) is 0 Å². The van der Waals surface area contributed by atoms with Crippen LogP contribution >= 0.6 is 0 Å². The zero-order chi connectivity index (χ0) is 32.9. The molecule has 1 fully saturated rings. The summed E-state index contributed by atoms with van der Waals surface area (Å²) in [4.78, 5) is 29.7. The molecule has 5 atom stereocenters. The van der Waals surface area contributed by atoms with Crippen LogP contribution in [-0.2, 0) is 31.9 Å². The number of nitrogens with zero attached hydrogens (tertiary/aromatic N) is 3. The monoisotopic (exact) mass is 635 g/mol. The largest absolute Gasteiger partial charge is 0.493 e. The molecule has 2 unspecified atom stereocenters. The number of rotatable bonds is 9. The number of nitriles is 1. The van der Waals surface area contributed by atoms with Crippen molar-refractivity contribution >= 4 is 11.9 Å². The molecule has 46 heavy (non-hydrogen) atoms. The minimum absolute atomic E-state index is 0.000293. The SMILES string of the molecule is CCCC(=O)OC[C@H]1c2c(c(OC(C)=O)c(C)c3c2OCO3)CC2[C@@H]3c4c(cc(C)c(OC)c4OCOC)C[C@H](C(C#N)N21)N3C. The maximum Gasteiger partial charge on any atom is 0.308 e. The summed E-state index contributed by atoms with van der Waals surface area (Å²) < 4.78 is 41.2. The molecule has 0 aromatic heterocycles. The average molecular weight is 636 g/mol. The van der Waals surface area contributed by atoms with Crippen LogP contribution in [0.15, 0.2) is 6.07 Å². The van der Waals surface area contributed by atoms with E-state index in [1.807, 2.05) is 27.8 Å². The lowest BCUT2D eigenvalue weighted by atomic mass is 9.71. The van der Waals surface area contributed by atoms with Crippen molar-refractivity contribution in [3.63, 3.8) is 0 Å². The first kappa shape index (κ1) is 31.9. The fourth-order valence-corrected chi connectivity index (χ4v) is 7.96. The van der Waals surface area contributed by atoms with Crippen LogP contribution in [0.5, 0.6) is 28.7 Å². The quantitative estimate of drug-likeness (QED) is 0.224. The first-order chi connectivity index (χ1) is 22.2. The first-order valence-electron chi connectivity index (χ1n) is 15.7. The Morgan fingerprint density at radius 3 is 2.50 bits per heavy atom. The summed E-state index contributed by atoms with van der Waals surface area (Å²) in [5.41, 5.74) is 5.10. The highest BCUT2D eigenvalue weighted by Gasteiger charge is 2.57. The van der Waals surface area contributed by atoms with E-state index in [4.69, 9.17) is 33.2 Å². The number of carbonyl (C=O) groups is 2. The third-order valence-electron chi connectivity index (χ3n) is 9.67. The molecule has 12 nitrogen and oxygen atoms in total. The number of fused-ring (bicyclic) bond motifs is 9. The molecule has 2 aromatic carbocycles. The summed E-state index contributed by atoms with van der Waals surface area (Å²) in [5.74, 6) is 1.86. The molecular formula is C34H41N3O9. The fourth-order valence-electron chi connectivity index (χ4n) is 7.96. The van der Waals surface area contributed by atoms with Gasteiger partial charge in [-0.2, -0.15) is 5.26 Å². The summed E-state index contributed by atoms with van der Waals surface area (Å²) in [6.45, 7) is 7.12. The Hall–Kier alpha value is -4.05. The Balaban J connectivity index is 1.60. The number of carbonyl (C=O) groups excluding carboxylic acids is 2. The van der Waals surface area contributed by atoms with Gasteiger partial charge in [-0.05, 0) is 51.3 Å². The predicted octanol–water partition coefficient (Wildman–Crippen LogP) is 4.06. The molecule has 0 spiro atoms. The number of benzene rings is 2. The van der Waals surface area contributed by atoms with E-state index < -0.39 is 18.1 Å². The molecule has 246 valence electrons. The second-order valence-corrected chi connectivity index (χ2v) is 12.3. The van der Waals surface area contributed by atoms with Gasteiger partial charge in [0.2, 0.25) is 6.79 Å². The van der Waals surface area contributed by atoms with Gasteiger partial charge in [0.05, 0.1) is 25.3 Å². The molecule has 0 aliphatic carbocycles. The Labute approximate surface area is 269 Å². The van der Waals surface area contributed by atoms with Gasteiger partial charge in [0.1, 0.15) is 18.4 Å². The van der Waals surface area contributed by atoms with Crippen molar-refractivity contribution in [3.05, 3.63) is 39.4 Å². The van der Waals surface area contributed by atoms with Crippen molar-refractivity contribution in [1.82, 2.24) is 9.80 Å². The molecule has 4 aliphatic heterocycles. The van der Waals surface area contributed by atoms with Gasteiger partial charge < -0.3 is 33.2 Å². The Morgan fingerprint density at radius 1 is 1.07 bits per heavy atom. The second-order valence-electron chi connectivity index (χ2n) is 12.3. The van der Waals surface area contributed by atoms with Crippen molar-refractivity contribution in [2.45, 2.75) is 83.6 Å². The fraction of sp³-hybridized carbons (Fsp3) is 0.559. The van der Waals surface area contributed by atoms with E-state index in [1.165, 1.54) is 6.92 Å². The highest BCUT2D eigenvalue weighted by molar-refractivity contribution is 5.74. The Morgan fingerprint density at radius 2 is 1.83 bits per heavy atom. The molecule has 4 aliphatic rings. The van der Waals surface area contributed by atoms with Gasteiger partial charge >= 0.3 is 11.9 Å². The zero-order valence-corrected chi connectivity index (χ0v) is 27.4. The van der Waals surface area contributed by atoms with Gasteiger partial charge in [0.15, 0.2) is 29.8 Å². The van der Waals surface area contributed by atoms with E-state index in [0.29, 0.717) is 53.6 Å². The third-order valence-corrected chi connectivity index (χ3v) is 9.67. The lowest BCUT2D eigenvalue weighted by Crippen LogP contribution is -2.68. The smallest absolute Gasteiger partial charge is 0.308 e. The standard InChI is InChI=1S/C34H41N3O9/c1-8-9-26(39)42-14-25-28-21(31(46-19(4)38)18(3)32-34(28)45-16-44-32)12-23-29-27-20(11-22(36(29)5)24(13-35)37(23)25)10-17(2)30(41-7)33(27)43-15-40-6/h10,22-25,29H,8-9,11-12,14-16H2,1-7H3/t22-,23?,24?,25+,29-/m1/s1. The Kier molecular flexibility index (Phi) is 8.76. The number of methoxy groups -OCH3 is 2. The lowest BCUT2D eigenvalue weighted by molar-refractivity contribution is -0.149. The average Bonchev–Trinajstić information content (AvgIpc) is 3.51. The van der Waals surface area contributed by atoms with Crippen LogP contribution in [0.2, 0.25) is 0 Å². The Bertz CT molecular complexity index is 1600. The van der Waals surface area contributed by atoms with E-state index in [-0.39, 0.29) is 50.7 Å². The summed E-state index contributed by atoms with van der Waals surface area (Å²) in [6.07, 6.45) is 1.92. The van der Waals surface area contributed by atoms with Crippen LogP contribution in [0.4, 0.5) is 0 Å². The van der Waals surface area contributed by atoms with Crippen molar-refractivity contribution in [2.24, 2.45) is 0 Å². The van der Waals surface area contributed by atoms with Crippen molar-refractivity contribution < 1.29 is 42.7 Å². The van der Waals surface area contributed by atoms with E-state index in [2.05, 4.69) is 21.9 Å². The molecule has 0 saturated carbocycles. The minimum atomic E-state index is -0.583. The summed E-state index contributed by atoms with van der Waals surface area (Å²) in [7, 11) is 5.23. The van der Waals surface area contributed by atoms with E-state index in [9.17, 15) is 14.9 Å². The van der Waals surface area contributed by atoms with Gasteiger partial charge in [-0.3, -0.25) is 19.4 Å². The topological polar surface area (TPSA) is 129 Å². The highest BCUT2D eigenvalue weighted by Crippen LogP contribution is 2.58. The molecule has 6 rings (SSSR count). The van der Waals surface area contributed by atoms with Gasteiger partial charge in [-0.1, -0.05) is 13.0 Å². The van der Waals surface area contributed by atoms with Crippen molar-refractivity contribution in [1.29, 1.82) is 5.26 Å². The molecule has 12 heteroatoms. The van der Waals surface area contributed by atoms with E-state index in [0.717, 1.165) is 27.8 Å². The van der Waals surface area contributed by atoms with Crippen LogP contribution in [-0.4, -0.2) is 81.3 Å². The van der Waals surface area contributed by atoms with Gasteiger partial charge in [0, 0.05) is 54.8 Å². The van der Waals surface area contributed by atoms with E-state index in [1.54, 1.807) is 14.2 Å². The molecular weight excluding hydrogens is 594 g/mol. The highest BCUT2D eigenvalue weighted by atomic mass is 16.7. The molecule has 0 radical (unpaired) electrons. The number of aryl methyl sites for hydroxylation is 1. The third kappa shape index (κ3) is 5.01. The molecule has 2 aromatic rings. The van der Waals surface area contributed by atoms with Crippen molar-refractivity contribution in [3.8, 4) is 34.8 Å². The van der Waals surface area contributed by atoms with Crippen LogP contribution in [0.1, 0.15) is 72.2 Å². The molecule has 2 bridgehead atoms. The summed E-state index contributed by atoms with van der Waals surface area (Å²) in [6, 6.07) is 2.82. The van der Waals surface area contributed by atoms with Crippen LogP contribution in [0.25, 0.3) is 0 Å². The number of likely N-dealkylation sites (N-methyl/N-ethyl adjacent to an activating group) is 1. The number of ether oxygens (including phenoxy) is 7. The normalized spacial score (nSPS) is 24.3. The molecule has 4 heterocycles. The number of hydrogen-bond donors (Lipinski definition) is 0. The summed E-state index contributed by atoms with van der Waals surface area (Å²) >= 11 is 0. The zero-order valence-electron chi connectivity index (χ0n) is 27.4. The molecule has 0 amide bonds. The minimum Gasteiger partial charge on any atom is -0.493 e. The van der Waals surface area contributed by atoms with Crippen molar-refractivity contribution in [2.75, 3.05) is 41.5 Å². The second kappa shape index (κ2) is 12.6. The maximum absolute atomic E-state index is 12.8. The predicted molar refractivity (Wildman–Crippen MR) is 164 cm³/mol. The number of piperazine rings is 1. The van der Waals surface area contributed by atoms with Crippen LogP contribution < -0.4 is 23.7 Å². The van der Waals surface area contributed by atoms with Gasteiger partial charge in [-0.15, -0.1) is 0 Å². The lowest BCUT2D eigenvalue weighted by Gasteiger charge is -2.59. The molecule has 0 N–H and O–H groups in total. The van der Waals surface area contributed by atoms with Crippen LogP contribution in [0, 0.1) is 25.2 Å². The number of hydrogen-bond acceptors (Lipinski definition) is 12. The number of esters is 2. The maximum atomic E-state index is 12.8. The summed E-state index contributed by atoms with van der Waals surface area (Å²) in [5, 5.41) is 10.8.